The number of nitrogens with zero attached hydrogens (tertiary/aromatic N) is 2. The summed E-state index contributed by atoms with van der Waals surface area (Å²) in [7, 11) is -6.00. The van der Waals surface area contributed by atoms with Gasteiger partial charge in [-0.15, -0.1) is 0 Å². The average Bonchev–Trinajstić information content (AvgIpc) is 2.52. The Hall–Kier alpha value is -2.67. The summed E-state index contributed by atoms with van der Waals surface area (Å²) in [6, 6.07) is 13.7. The summed E-state index contributed by atoms with van der Waals surface area (Å²) in [5.41, 5.74) is 1.57. The zero-order valence-electron chi connectivity index (χ0n) is 12.4. The largest absolute Gasteiger partial charge is 0.673 e. The van der Waals surface area contributed by atoms with E-state index in [1.807, 2.05) is 0 Å². The maximum atomic E-state index is 11.4. The molecular weight excluding hydrogens is 407 g/mol. The third-order valence-electron chi connectivity index (χ3n) is 2.73. The number of rotatable bonds is 3. The van der Waals surface area contributed by atoms with Gasteiger partial charge in [-0.2, -0.15) is 0 Å². The van der Waals surface area contributed by atoms with Crippen LogP contribution in [0.2, 0.25) is 0 Å². The van der Waals surface area contributed by atoms with Gasteiger partial charge in [0.1, 0.15) is 0 Å². The Morgan fingerprint density at radius 1 is 1.08 bits per heavy atom. The molecule has 0 aliphatic rings. The molecule has 0 unspecified atom stereocenters. The molecule has 0 fully saturated rings. The molecule has 1 N–H and O–H groups in total. The van der Waals surface area contributed by atoms with Gasteiger partial charge in [-0.1, -0.05) is 40.2 Å². The highest BCUT2D eigenvalue weighted by Gasteiger charge is 2.20. The van der Waals surface area contributed by atoms with Crippen molar-refractivity contribution in [2.24, 2.45) is 0 Å². The van der Waals surface area contributed by atoms with Crippen LogP contribution in [0.15, 0.2) is 53.0 Å². The Bertz CT molecular complexity index is 812. The van der Waals surface area contributed by atoms with Gasteiger partial charge >= 0.3 is 18.9 Å². The van der Waals surface area contributed by atoms with Gasteiger partial charge < -0.3 is 22.4 Å². The summed E-state index contributed by atoms with van der Waals surface area (Å²) >= 11 is 3.31. The number of hydrogen-bond donors (Lipinski definition) is 1. The second-order valence-electron chi connectivity index (χ2n) is 4.52. The van der Waals surface area contributed by atoms with E-state index in [9.17, 15) is 27.2 Å². The molecular formula is C15H10BBrF4N2O2. The van der Waals surface area contributed by atoms with Gasteiger partial charge in [0.05, 0.1) is 11.1 Å². The Balaban J connectivity index is 0.000000550. The van der Waals surface area contributed by atoms with E-state index >= 15 is 0 Å². The zero-order valence-corrected chi connectivity index (χ0v) is 14.0. The van der Waals surface area contributed by atoms with Gasteiger partial charge in [-0.3, -0.25) is 0 Å². The van der Waals surface area contributed by atoms with E-state index in [-0.39, 0.29) is 5.57 Å². The van der Waals surface area contributed by atoms with Crippen molar-refractivity contribution < 1.29 is 27.2 Å². The fourth-order valence-electron chi connectivity index (χ4n) is 1.75. The molecule has 0 amide bonds. The van der Waals surface area contributed by atoms with Crippen LogP contribution in [0.5, 0.6) is 0 Å². The standard InChI is InChI=1S/C15H9BrN2O2.BF4/c16-12-7-5-10(6-8-12)13(15(19)20)9-11-3-1-2-4-14(11)18-17;2-1(3,4)5/h1-9H;/q;-1/p+1/b13-9+;. The van der Waals surface area contributed by atoms with Crippen molar-refractivity contribution in [2.75, 3.05) is 0 Å². The monoisotopic (exact) mass is 416 g/mol. The molecule has 2 aromatic rings. The normalized spacial score (nSPS) is 11.1. The van der Waals surface area contributed by atoms with E-state index in [1.54, 1.807) is 48.5 Å². The van der Waals surface area contributed by atoms with Crippen molar-refractivity contribution in [3.05, 3.63) is 69.1 Å². The molecule has 0 saturated carbocycles. The number of aliphatic carboxylic acids is 1. The first-order chi connectivity index (χ1) is 11.6. The van der Waals surface area contributed by atoms with Crippen molar-refractivity contribution in [3.8, 4) is 0 Å². The Morgan fingerprint density at radius 2 is 1.60 bits per heavy atom. The summed E-state index contributed by atoms with van der Waals surface area (Å²) in [6.07, 6.45) is 1.49. The minimum Gasteiger partial charge on any atom is -0.478 e. The van der Waals surface area contributed by atoms with Crippen LogP contribution in [-0.4, -0.2) is 18.3 Å². The molecule has 0 aliphatic heterocycles. The Morgan fingerprint density at radius 3 is 2.08 bits per heavy atom. The minimum absolute atomic E-state index is 0.133. The minimum atomic E-state index is -6.00. The number of diazo groups is 1. The number of carboxylic acids is 1. The average molecular weight is 417 g/mol. The van der Waals surface area contributed by atoms with Gasteiger partial charge in [0.15, 0.2) is 4.98 Å². The molecule has 4 nitrogen and oxygen atoms in total. The molecule has 0 heterocycles. The molecule has 2 rings (SSSR count). The number of carboxylic acid groups (broad SMARTS) is 1. The Kier molecular flexibility index (Phi) is 7.32. The predicted octanol–water partition coefficient (Wildman–Crippen LogP) is 5.86. The maximum absolute atomic E-state index is 11.4. The molecule has 0 aliphatic carbocycles. The second-order valence-corrected chi connectivity index (χ2v) is 5.44. The first-order valence-corrected chi connectivity index (χ1v) is 7.43. The molecule has 0 atom stereocenters. The lowest BCUT2D eigenvalue weighted by atomic mass is 10.0. The summed E-state index contributed by atoms with van der Waals surface area (Å²) in [4.78, 5) is 14.6. The summed E-state index contributed by atoms with van der Waals surface area (Å²) in [5.74, 6) is -1.04. The molecule has 0 bridgehead atoms. The Labute approximate surface area is 148 Å². The van der Waals surface area contributed by atoms with E-state index in [0.717, 1.165) is 4.47 Å². The van der Waals surface area contributed by atoms with E-state index in [4.69, 9.17) is 5.39 Å². The fraction of sp³-hybridized carbons (Fsp3) is 0. The van der Waals surface area contributed by atoms with Gasteiger partial charge in [-0.05, 0) is 29.8 Å². The van der Waals surface area contributed by atoms with Crippen LogP contribution in [0.25, 0.3) is 16.6 Å². The van der Waals surface area contributed by atoms with E-state index in [0.29, 0.717) is 16.8 Å². The van der Waals surface area contributed by atoms with Crippen LogP contribution in [0.4, 0.5) is 23.0 Å². The van der Waals surface area contributed by atoms with Crippen LogP contribution in [0.3, 0.4) is 0 Å². The first kappa shape index (κ1) is 20.4. The highest BCUT2D eigenvalue weighted by atomic mass is 79.9. The summed E-state index contributed by atoms with van der Waals surface area (Å²) < 4.78 is 39.9. The molecule has 0 saturated heterocycles. The maximum Gasteiger partial charge on any atom is 0.673 e. The predicted molar refractivity (Wildman–Crippen MR) is 91.0 cm³/mol. The van der Waals surface area contributed by atoms with Crippen LogP contribution < -0.4 is 0 Å². The summed E-state index contributed by atoms with van der Waals surface area (Å²) in [6.45, 7) is 0. The summed E-state index contributed by atoms with van der Waals surface area (Å²) in [5, 5.41) is 18.3. The topological polar surface area (TPSA) is 65.5 Å². The third-order valence-corrected chi connectivity index (χ3v) is 3.26. The van der Waals surface area contributed by atoms with Gasteiger partial charge in [-0.25, -0.2) is 4.79 Å². The van der Waals surface area contributed by atoms with Crippen LogP contribution in [0, 0.1) is 5.39 Å². The van der Waals surface area contributed by atoms with Gasteiger partial charge in [0.2, 0.25) is 5.39 Å². The first-order valence-electron chi connectivity index (χ1n) is 6.64. The molecule has 0 aromatic heterocycles. The molecule has 0 spiro atoms. The molecule has 2 aromatic carbocycles. The van der Waals surface area contributed by atoms with E-state index in [1.165, 1.54) is 6.08 Å². The number of halogens is 5. The highest BCUT2D eigenvalue weighted by Crippen LogP contribution is 2.26. The van der Waals surface area contributed by atoms with Crippen molar-refractivity contribution >= 4 is 46.5 Å². The lowest BCUT2D eigenvalue weighted by molar-refractivity contribution is -0.130. The lowest BCUT2D eigenvalue weighted by Crippen LogP contribution is -2.02. The third kappa shape index (κ3) is 7.63. The van der Waals surface area contributed by atoms with Crippen molar-refractivity contribution in [1.29, 1.82) is 5.39 Å². The van der Waals surface area contributed by atoms with Crippen LogP contribution >= 0.6 is 15.9 Å². The number of carbonyl (C=O) groups is 1. The quantitative estimate of drug-likeness (QED) is 0.224. The molecule has 25 heavy (non-hydrogen) atoms. The van der Waals surface area contributed by atoms with Gasteiger partial charge in [0.25, 0.3) is 0 Å². The van der Waals surface area contributed by atoms with E-state index in [2.05, 4.69) is 20.9 Å². The second kappa shape index (κ2) is 8.99. The van der Waals surface area contributed by atoms with Crippen molar-refractivity contribution in [3.63, 3.8) is 0 Å². The van der Waals surface area contributed by atoms with Crippen molar-refractivity contribution in [1.82, 2.24) is 0 Å². The molecule has 0 radical (unpaired) electrons. The SMILES string of the molecule is F[B-](F)(F)F.N#[N+]c1ccccc1/C=C(/C(=O)O)c1ccc(Br)cc1. The number of hydrogen-bond acceptors (Lipinski definition) is 2. The van der Waals surface area contributed by atoms with Gasteiger partial charge in [0, 0.05) is 10.5 Å². The smallest absolute Gasteiger partial charge is 0.478 e. The molecule has 10 heteroatoms. The lowest BCUT2D eigenvalue weighted by Gasteiger charge is -2.02. The van der Waals surface area contributed by atoms with Crippen LogP contribution in [-0.2, 0) is 4.79 Å². The van der Waals surface area contributed by atoms with Crippen LogP contribution in [0.1, 0.15) is 11.1 Å². The highest BCUT2D eigenvalue weighted by molar-refractivity contribution is 9.10. The fourth-order valence-corrected chi connectivity index (χ4v) is 2.02. The van der Waals surface area contributed by atoms with E-state index < -0.39 is 13.2 Å². The molecule has 130 valence electrons. The number of benzene rings is 2. The van der Waals surface area contributed by atoms with Crippen molar-refractivity contribution in [2.45, 2.75) is 0 Å². The zero-order chi connectivity index (χ0) is 19.0.